The molecule has 0 aromatic heterocycles. The summed E-state index contributed by atoms with van der Waals surface area (Å²) >= 11 is 0. The van der Waals surface area contributed by atoms with Crippen molar-refractivity contribution in [1.82, 2.24) is 0 Å². The van der Waals surface area contributed by atoms with Crippen molar-refractivity contribution < 1.29 is 5.11 Å². The Bertz CT molecular complexity index is 124. The van der Waals surface area contributed by atoms with E-state index < -0.39 is 5.72 Å². The highest BCUT2D eigenvalue weighted by molar-refractivity contribution is 4.95. The highest BCUT2D eigenvalue weighted by atomic mass is 16.3. The monoisotopic (exact) mass is 143 g/mol. The summed E-state index contributed by atoms with van der Waals surface area (Å²) in [4.78, 5) is 0. The molecule has 60 valence electrons. The van der Waals surface area contributed by atoms with E-state index in [4.69, 9.17) is 5.73 Å². The minimum Gasteiger partial charge on any atom is -0.376 e. The van der Waals surface area contributed by atoms with Crippen LogP contribution >= 0.6 is 0 Å². The van der Waals surface area contributed by atoms with Crippen molar-refractivity contribution in [1.29, 1.82) is 0 Å². The van der Waals surface area contributed by atoms with Crippen molar-refractivity contribution in [3.8, 4) is 0 Å². The van der Waals surface area contributed by atoms with Gasteiger partial charge in [-0.05, 0) is 26.2 Å². The molecule has 2 atom stereocenters. The minimum absolute atomic E-state index is 0.292. The maximum absolute atomic E-state index is 9.17. The number of nitrogens with two attached hydrogens (primary N) is 1. The van der Waals surface area contributed by atoms with E-state index in [2.05, 4.69) is 6.58 Å². The first kappa shape index (κ1) is 9.66. The normalized spacial score (nSPS) is 19.7. The van der Waals surface area contributed by atoms with Gasteiger partial charge in [-0.15, -0.1) is 0 Å². The number of allylic oxidation sites excluding steroid dienone is 1. The lowest BCUT2D eigenvalue weighted by atomic mass is 9.95. The van der Waals surface area contributed by atoms with Crippen molar-refractivity contribution >= 4 is 0 Å². The van der Waals surface area contributed by atoms with Crippen molar-refractivity contribution in [2.75, 3.05) is 0 Å². The van der Waals surface area contributed by atoms with E-state index in [0.29, 0.717) is 12.3 Å². The Morgan fingerprint density at radius 2 is 2.20 bits per heavy atom. The summed E-state index contributed by atoms with van der Waals surface area (Å²) in [6.45, 7) is 9.32. The van der Waals surface area contributed by atoms with Crippen molar-refractivity contribution in [2.45, 2.75) is 32.9 Å². The van der Waals surface area contributed by atoms with Gasteiger partial charge in [0.15, 0.2) is 0 Å². The largest absolute Gasteiger partial charge is 0.376 e. The zero-order valence-electron chi connectivity index (χ0n) is 7.02. The fourth-order valence-electron chi connectivity index (χ4n) is 0.794. The van der Waals surface area contributed by atoms with Crippen LogP contribution < -0.4 is 5.73 Å². The molecule has 0 saturated heterocycles. The molecule has 0 saturated carbocycles. The van der Waals surface area contributed by atoms with Crippen LogP contribution in [0, 0.1) is 5.92 Å². The molecule has 0 radical (unpaired) electrons. The van der Waals surface area contributed by atoms with Crippen LogP contribution in [0.2, 0.25) is 0 Å². The van der Waals surface area contributed by atoms with Gasteiger partial charge in [0.2, 0.25) is 0 Å². The molecule has 0 bridgehead atoms. The van der Waals surface area contributed by atoms with Gasteiger partial charge in [0.25, 0.3) is 0 Å². The average Bonchev–Trinajstić information content (AvgIpc) is 1.60. The molecule has 10 heavy (non-hydrogen) atoms. The molecule has 0 aliphatic carbocycles. The van der Waals surface area contributed by atoms with Crippen molar-refractivity contribution in [2.24, 2.45) is 11.7 Å². The third-order valence-corrected chi connectivity index (χ3v) is 1.56. The molecule has 0 amide bonds. The molecule has 0 aromatic rings. The van der Waals surface area contributed by atoms with Gasteiger partial charge in [-0.3, -0.25) is 0 Å². The van der Waals surface area contributed by atoms with Crippen molar-refractivity contribution in [3.63, 3.8) is 0 Å². The van der Waals surface area contributed by atoms with Gasteiger partial charge in [0, 0.05) is 0 Å². The highest BCUT2D eigenvalue weighted by Gasteiger charge is 2.17. The smallest absolute Gasteiger partial charge is 0.111 e. The summed E-state index contributed by atoms with van der Waals surface area (Å²) < 4.78 is 0. The predicted molar refractivity (Wildman–Crippen MR) is 43.4 cm³/mol. The summed E-state index contributed by atoms with van der Waals surface area (Å²) in [5.41, 5.74) is 5.39. The van der Waals surface area contributed by atoms with Crippen LogP contribution in [-0.4, -0.2) is 10.8 Å². The highest BCUT2D eigenvalue weighted by Crippen LogP contribution is 2.17. The zero-order valence-corrected chi connectivity index (χ0v) is 7.02. The molecule has 0 aliphatic rings. The number of hydrogen-bond donors (Lipinski definition) is 2. The molecule has 0 spiro atoms. The van der Waals surface area contributed by atoms with E-state index in [1.54, 1.807) is 6.92 Å². The Kier molecular flexibility index (Phi) is 3.06. The van der Waals surface area contributed by atoms with Crippen LogP contribution in [0.5, 0.6) is 0 Å². The van der Waals surface area contributed by atoms with Gasteiger partial charge in [0.1, 0.15) is 5.72 Å². The standard InChI is InChI=1S/C8H17NO/c1-6(2)7(3)5-8(4,9)10/h7,10H,1,5,9H2,2-4H3. The first-order chi connectivity index (χ1) is 4.33. The van der Waals surface area contributed by atoms with E-state index in [0.717, 1.165) is 5.57 Å². The lowest BCUT2D eigenvalue weighted by Gasteiger charge is -2.21. The molecule has 3 N–H and O–H groups in total. The zero-order chi connectivity index (χ0) is 8.36. The average molecular weight is 143 g/mol. The summed E-state index contributed by atoms with van der Waals surface area (Å²) in [5, 5.41) is 9.17. The van der Waals surface area contributed by atoms with Gasteiger partial charge in [-0.25, -0.2) is 0 Å². The lowest BCUT2D eigenvalue weighted by Crippen LogP contribution is -2.37. The van der Waals surface area contributed by atoms with Crippen LogP contribution in [0.4, 0.5) is 0 Å². The van der Waals surface area contributed by atoms with Gasteiger partial charge in [-0.2, -0.15) is 0 Å². The Morgan fingerprint density at radius 1 is 1.80 bits per heavy atom. The summed E-state index contributed by atoms with van der Waals surface area (Å²) in [5.74, 6) is 0.292. The quantitative estimate of drug-likeness (QED) is 0.461. The molecule has 2 unspecified atom stereocenters. The molecular formula is C8H17NO. The first-order valence-electron chi connectivity index (χ1n) is 3.49. The Labute approximate surface area is 62.7 Å². The molecule has 0 aromatic carbocycles. The van der Waals surface area contributed by atoms with E-state index in [9.17, 15) is 5.11 Å². The predicted octanol–water partition coefficient (Wildman–Crippen LogP) is 1.26. The molecule has 0 aliphatic heterocycles. The van der Waals surface area contributed by atoms with E-state index >= 15 is 0 Å². The van der Waals surface area contributed by atoms with Crippen LogP contribution in [0.15, 0.2) is 12.2 Å². The number of rotatable bonds is 3. The van der Waals surface area contributed by atoms with Crippen LogP contribution in [0.1, 0.15) is 27.2 Å². The van der Waals surface area contributed by atoms with Crippen LogP contribution in [0.25, 0.3) is 0 Å². The van der Waals surface area contributed by atoms with Gasteiger partial charge >= 0.3 is 0 Å². The third kappa shape index (κ3) is 4.53. The number of hydrogen-bond acceptors (Lipinski definition) is 2. The third-order valence-electron chi connectivity index (χ3n) is 1.56. The second-order valence-electron chi connectivity index (χ2n) is 3.31. The summed E-state index contributed by atoms with van der Waals surface area (Å²) in [7, 11) is 0. The Balaban J connectivity index is 3.80. The second-order valence-corrected chi connectivity index (χ2v) is 3.31. The SMILES string of the molecule is C=C(C)C(C)CC(C)(N)O. The first-order valence-corrected chi connectivity index (χ1v) is 3.49. The van der Waals surface area contributed by atoms with Crippen LogP contribution in [0.3, 0.4) is 0 Å². The lowest BCUT2D eigenvalue weighted by molar-refractivity contribution is 0.0472. The van der Waals surface area contributed by atoms with E-state index in [1.165, 1.54) is 0 Å². The molecule has 0 heterocycles. The molecule has 2 heteroatoms. The fraction of sp³-hybridized carbons (Fsp3) is 0.750. The Hall–Kier alpha value is -0.340. The minimum atomic E-state index is -1.06. The molecule has 0 fully saturated rings. The van der Waals surface area contributed by atoms with Crippen LogP contribution in [-0.2, 0) is 0 Å². The maximum Gasteiger partial charge on any atom is 0.111 e. The van der Waals surface area contributed by atoms with Gasteiger partial charge < -0.3 is 10.8 Å². The van der Waals surface area contributed by atoms with Crippen molar-refractivity contribution in [3.05, 3.63) is 12.2 Å². The van der Waals surface area contributed by atoms with Gasteiger partial charge in [0.05, 0.1) is 0 Å². The second kappa shape index (κ2) is 3.17. The Morgan fingerprint density at radius 3 is 2.30 bits per heavy atom. The van der Waals surface area contributed by atoms with Gasteiger partial charge in [-0.1, -0.05) is 19.1 Å². The maximum atomic E-state index is 9.17. The van der Waals surface area contributed by atoms with E-state index in [1.807, 2.05) is 13.8 Å². The fourth-order valence-corrected chi connectivity index (χ4v) is 0.794. The summed E-state index contributed by atoms with van der Waals surface area (Å²) in [6.07, 6.45) is 0.572. The number of aliphatic hydroxyl groups is 1. The topological polar surface area (TPSA) is 46.2 Å². The summed E-state index contributed by atoms with van der Waals surface area (Å²) in [6, 6.07) is 0. The molecule has 0 rings (SSSR count). The molecular weight excluding hydrogens is 126 g/mol. The molecule has 2 nitrogen and oxygen atoms in total. The van der Waals surface area contributed by atoms with E-state index in [-0.39, 0.29) is 0 Å².